The Labute approximate surface area is 213 Å². The van der Waals surface area contributed by atoms with Crippen molar-refractivity contribution in [1.29, 1.82) is 0 Å². The molecule has 2 heterocycles. The van der Waals surface area contributed by atoms with Gasteiger partial charge in [0.05, 0.1) is 14.7 Å². The molecule has 0 N–H and O–H groups in total. The number of fused-ring (bicyclic) bond motifs is 4. The van der Waals surface area contributed by atoms with Crippen molar-refractivity contribution in [3.05, 3.63) is 124 Å². The molecule has 0 aromatic heterocycles. The number of allylic oxidation sites excluding steroid dienone is 6. The molecule has 0 spiro atoms. The van der Waals surface area contributed by atoms with E-state index in [9.17, 15) is 26.7 Å². The Morgan fingerprint density at radius 3 is 1.73 bits per heavy atom. The summed E-state index contributed by atoms with van der Waals surface area (Å²) in [5, 5.41) is 15.8. The average Bonchev–Trinajstić information content (AvgIpc) is 3.19. The maximum absolute atomic E-state index is 13.0. The Kier molecular flexibility index (Phi) is 5.08. The Morgan fingerprint density at radius 1 is 0.622 bits per heavy atom. The van der Waals surface area contributed by atoms with Crippen molar-refractivity contribution in [2.24, 2.45) is 0 Å². The molecule has 0 saturated carbocycles. The minimum atomic E-state index is -3.99. The second-order valence-corrected chi connectivity index (χ2v) is 12.5. The maximum atomic E-state index is 13.0. The molecule has 6 nitrogen and oxygen atoms in total. The topological polar surface area (TPSA) is 108 Å². The molecule has 4 aromatic carbocycles. The summed E-state index contributed by atoms with van der Waals surface area (Å²) in [6.07, 6.45) is 6.42. The van der Waals surface area contributed by atoms with Crippen LogP contribution in [0.15, 0.2) is 123 Å². The smallest absolute Gasteiger partial charge is 0.211 e. The van der Waals surface area contributed by atoms with E-state index >= 15 is 0 Å². The third kappa shape index (κ3) is 3.48. The fraction of sp³-hybridized carbons (Fsp3) is 0. The quantitative estimate of drug-likeness (QED) is 0.288. The van der Waals surface area contributed by atoms with Gasteiger partial charge in [-0.1, -0.05) is 72.5 Å². The number of rotatable bonds is 3. The Balaban J connectivity index is 1.31. The van der Waals surface area contributed by atoms with Crippen LogP contribution >= 0.6 is 0 Å². The van der Waals surface area contributed by atoms with Gasteiger partial charge in [0.15, 0.2) is 0 Å². The highest BCUT2D eigenvalue weighted by Gasteiger charge is 2.39. The van der Waals surface area contributed by atoms with Crippen LogP contribution in [-0.2, 0) is 19.7 Å². The molecule has 2 aliphatic rings. The summed E-state index contributed by atoms with van der Waals surface area (Å²) in [7, 11) is -7.98. The van der Waals surface area contributed by atoms with Gasteiger partial charge in [0, 0.05) is 5.56 Å². The molecular weight excluding hydrogens is 508 g/mol. The van der Waals surface area contributed by atoms with Gasteiger partial charge in [0.1, 0.15) is 4.91 Å². The van der Waals surface area contributed by atoms with Crippen LogP contribution in [0.3, 0.4) is 0 Å². The van der Waals surface area contributed by atoms with Crippen molar-refractivity contribution in [1.82, 2.24) is 0 Å². The van der Waals surface area contributed by atoms with Gasteiger partial charge in [-0.25, -0.2) is 16.8 Å². The van der Waals surface area contributed by atoms with Gasteiger partial charge in [-0.2, -0.15) is 0 Å². The summed E-state index contributed by atoms with van der Waals surface area (Å²) in [5.74, 6) is -1.19. The lowest BCUT2D eigenvalue weighted by atomic mass is 10.0. The van der Waals surface area contributed by atoms with E-state index in [1.165, 1.54) is 42.5 Å². The average molecular weight is 526 g/mol. The monoisotopic (exact) mass is 525 g/mol. The van der Waals surface area contributed by atoms with E-state index in [4.69, 9.17) is 0 Å². The second-order valence-electron chi connectivity index (χ2n) is 8.70. The third-order valence-corrected chi connectivity index (χ3v) is 10.1. The molecule has 8 heteroatoms. The zero-order valence-corrected chi connectivity index (χ0v) is 20.7. The minimum absolute atomic E-state index is 0.0326. The zero-order valence-electron chi connectivity index (χ0n) is 19.1. The molecule has 0 amide bonds. The van der Waals surface area contributed by atoms with Crippen molar-refractivity contribution >= 4 is 52.8 Å². The third-order valence-electron chi connectivity index (χ3n) is 6.51. The van der Waals surface area contributed by atoms with E-state index in [0.29, 0.717) is 10.8 Å². The Morgan fingerprint density at radius 2 is 1.14 bits per heavy atom. The fourth-order valence-corrected chi connectivity index (χ4v) is 7.81. The minimum Gasteiger partial charge on any atom is -0.871 e. The number of sulfone groups is 2. The number of carbonyl (C=O) groups is 1. The van der Waals surface area contributed by atoms with Gasteiger partial charge < -0.3 is 5.11 Å². The summed E-state index contributed by atoms with van der Waals surface area (Å²) >= 11 is 0. The molecule has 0 saturated heterocycles. The van der Waals surface area contributed by atoms with Crippen molar-refractivity contribution in [2.45, 2.75) is 9.79 Å². The van der Waals surface area contributed by atoms with Crippen LogP contribution < -0.4 is 5.11 Å². The number of hydrogen-bond donors (Lipinski definition) is 0. The highest BCUT2D eigenvalue weighted by molar-refractivity contribution is 7.97. The summed E-state index contributed by atoms with van der Waals surface area (Å²) in [5.41, 5.74) is 0.245. The first kappa shape index (κ1) is 23.1. The SMILES string of the molecule is O=C1C(=CC=CC=CC2=C([O-])c3cc4ccccc4cc3S2(=O)=O)S(=O)(=O)c2cc3ccccc3cc21. The van der Waals surface area contributed by atoms with Gasteiger partial charge in [-0.3, -0.25) is 4.79 Å². The molecule has 4 aromatic rings. The van der Waals surface area contributed by atoms with Crippen molar-refractivity contribution in [3.63, 3.8) is 0 Å². The molecule has 0 aliphatic carbocycles. The lowest BCUT2D eigenvalue weighted by Gasteiger charge is -2.09. The number of ketones is 1. The van der Waals surface area contributed by atoms with E-state index in [1.54, 1.807) is 48.5 Å². The zero-order chi connectivity index (χ0) is 25.9. The van der Waals surface area contributed by atoms with Crippen LogP contribution in [-0.4, -0.2) is 22.6 Å². The standard InChI is InChI=1S/C29H18O6S2/c30-28-22-14-18-8-4-6-10-20(18)16-26(22)36(32,33)24(28)12-2-1-3-13-25-29(31)23-15-19-9-5-7-11-21(19)17-27(23)37(25,34)35/h1-17,30H/p-1. The normalized spacial score (nSPS) is 19.0. The van der Waals surface area contributed by atoms with Crippen molar-refractivity contribution in [3.8, 4) is 0 Å². The van der Waals surface area contributed by atoms with Crippen LogP contribution in [0.25, 0.3) is 27.3 Å². The van der Waals surface area contributed by atoms with Crippen LogP contribution in [0, 0.1) is 0 Å². The summed E-state index contributed by atoms with van der Waals surface area (Å²) in [6.45, 7) is 0. The van der Waals surface area contributed by atoms with Crippen LogP contribution in [0.2, 0.25) is 0 Å². The van der Waals surface area contributed by atoms with Crippen molar-refractivity contribution < 1.29 is 26.7 Å². The van der Waals surface area contributed by atoms with Gasteiger partial charge in [-0.05, 0) is 63.5 Å². The maximum Gasteiger partial charge on any atom is 0.211 e. The first-order valence-corrected chi connectivity index (χ1v) is 14.2. The lowest BCUT2D eigenvalue weighted by Crippen LogP contribution is -2.03. The predicted octanol–water partition coefficient (Wildman–Crippen LogP) is 4.48. The molecule has 0 fully saturated rings. The largest absolute Gasteiger partial charge is 0.871 e. The Hall–Kier alpha value is -4.27. The fourth-order valence-electron chi connectivity index (χ4n) is 4.67. The van der Waals surface area contributed by atoms with E-state index < -0.39 is 31.2 Å². The Bertz CT molecular complexity index is 2030. The molecule has 37 heavy (non-hydrogen) atoms. The first-order valence-electron chi connectivity index (χ1n) is 11.3. The summed E-state index contributed by atoms with van der Waals surface area (Å²) in [4.78, 5) is 12.1. The number of benzene rings is 4. The molecular formula is C29H17O6S2-. The van der Waals surface area contributed by atoms with Crippen LogP contribution in [0.5, 0.6) is 0 Å². The molecule has 0 radical (unpaired) electrons. The number of Topliss-reactive ketones (excluding diaryl/α,β-unsaturated/α-hetero) is 1. The van der Waals surface area contributed by atoms with Gasteiger partial charge >= 0.3 is 0 Å². The molecule has 0 unspecified atom stereocenters. The number of carbonyl (C=O) groups excluding carboxylic acids is 1. The van der Waals surface area contributed by atoms with Crippen molar-refractivity contribution in [2.75, 3.05) is 0 Å². The molecule has 0 bridgehead atoms. The first-order chi connectivity index (χ1) is 17.7. The van der Waals surface area contributed by atoms with Crippen LogP contribution in [0.1, 0.15) is 15.9 Å². The summed E-state index contributed by atoms with van der Waals surface area (Å²) < 4.78 is 52.0. The van der Waals surface area contributed by atoms with E-state index in [-0.39, 0.29) is 30.7 Å². The van der Waals surface area contributed by atoms with Crippen LogP contribution in [0.4, 0.5) is 0 Å². The lowest BCUT2D eigenvalue weighted by molar-refractivity contribution is -0.244. The predicted molar refractivity (Wildman–Crippen MR) is 140 cm³/mol. The highest BCUT2D eigenvalue weighted by Crippen LogP contribution is 2.39. The van der Waals surface area contributed by atoms with E-state index in [0.717, 1.165) is 10.8 Å². The number of hydrogen-bond acceptors (Lipinski definition) is 6. The molecule has 0 atom stereocenters. The van der Waals surface area contributed by atoms with E-state index in [2.05, 4.69) is 0 Å². The van der Waals surface area contributed by atoms with Gasteiger partial charge in [0.2, 0.25) is 25.5 Å². The second kappa shape index (κ2) is 8.12. The molecule has 182 valence electrons. The van der Waals surface area contributed by atoms with Gasteiger partial charge in [0.25, 0.3) is 0 Å². The van der Waals surface area contributed by atoms with Gasteiger partial charge in [-0.15, -0.1) is 0 Å². The highest BCUT2D eigenvalue weighted by atomic mass is 32.2. The molecule has 2 aliphatic heterocycles. The molecule has 6 rings (SSSR count). The summed E-state index contributed by atoms with van der Waals surface area (Å²) in [6, 6.07) is 20.5. The van der Waals surface area contributed by atoms with E-state index in [1.807, 2.05) is 12.1 Å².